The number of aromatic amines is 1. The van der Waals surface area contributed by atoms with E-state index in [2.05, 4.69) is 10.3 Å². The number of thiophene rings is 1. The van der Waals surface area contributed by atoms with Crippen LogP contribution in [0.25, 0.3) is 10.6 Å². The maximum Gasteiger partial charge on any atom is 0.354 e. The van der Waals surface area contributed by atoms with Gasteiger partial charge in [0.1, 0.15) is 11.2 Å². The van der Waals surface area contributed by atoms with Crippen LogP contribution in [-0.2, 0) is 26.4 Å². The van der Waals surface area contributed by atoms with Crippen molar-refractivity contribution in [2.45, 2.75) is 17.2 Å². The first-order valence-electron chi connectivity index (χ1n) is 8.54. The number of rotatable bonds is 3. The van der Waals surface area contributed by atoms with Crippen molar-refractivity contribution in [1.29, 1.82) is 5.41 Å². The highest BCUT2D eigenvalue weighted by molar-refractivity contribution is 7.90. The summed E-state index contributed by atoms with van der Waals surface area (Å²) < 4.78 is 24.7. The Labute approximate surface area is 174 Å². The van der Waals surface area contributed by atoms with Gasteiger partial charge in [0, 0.05) is 13.0 Å². The molecule has 0 amide bonds. The van der Waals surface area contributed by atoms with Crippen LogP contribution in [0.15, 0.2) is 18.2 Å². The lowest BCUT2D eigenvalue weighted by Crippen LogP contribution is -2.69. The van der Waals surface area contributed by atoms with Crippen molar-refractivity contribution >= 4 is 46.2 Å². The number of hydrogen-bond acceptors (Lipinski definition) is 6. The summed E-state index contributed by atoms with van der Waals surface area (Å²) >= 11 is 6.64. The Hall–Kier alpha value is -1.72. The standard InChI is InChI=1S/C17H19ClN4O4S2/c1-22-16(19)21-17(5-6-26-8-13(17)28(22)24)14-9(18)7-12(27-14)10-3-4-11(20-10)15(23)25-2/h3-4,7,13,20H,5-6,8H2,1-2H3,(H2,19,21). The molecule has 150 valence electrons. The molecule has 2 aliphatic heterocycles. The van der Waals surface area contributed by atoms with Crippen molar-refractivity contribution in [1.82, 2.24) is 14.6 Å². The van der Waals surface area contributed by atoms with E-state index in [1.807, 2.05) is 6.07 Å². The Kier molecular flexibility index (Phi) is 5.09. The van der Waals surface area contributed by atoms with Gasteiger partial charge in [-0.1, -0.05) is 11.6 Å². The number of esters is 1. The maximum atomic E-state index is 12.9. The molecule has 8 nitrogen and oxygen atoms in total. The third kappa shape index (κ3) is 3.00. The van der Waals surface area contributed by atoms with Crippen molar-refractivity contribution in [2.24, 2.45) is 0 Å². The fraction of sp³-hybridized carbons (Fsp3) is 0.412. The fourth-order valence-electron chi connectivity index (χ4n) is 3.56. The number of nitrogens with zero attached hydrogens (tertiary/aromatic N) is 1. The van der Waals surface area contributed by atoms with E-state index in [-0.39, 0.29) is 11.2 Å². The molecule has 3 N–H and O–H groups in total. The number of nitrogens with one attached hydrogen (secondary N) is 3. The molecular weight excluding hydrogens is 424 g/mol. The maximum absolute atomic E-state index is 12.9. The number of aromatic nitrogens is 1. The molecule has 2 aliphatic rings. The Morgan fingerprint density at radius 1 is 1.57 bits per heavy atom. The van der Waals surface area contributed by atoms with Gasteiger partial charge < -0.3 is 24.3 Å². The van der Waals surface area contributed by atoms with Crippen LogP contribution in [0, 0.1) is 5.41 Å². The van der Waals surface area contributed by atoms with Gasteiger partial charge in [0.05, 0.1) is 52.6 Å². The number of carbonyl (C=O) groups excluding carboxylic acids is 1. The van der Waals surface area contributed by atoms with Crippen LogP contribution < -0.4 is 5.32 Å². The summed E-state index contributed by atoms with van der Waals surface area (Å²) in [5.74, 6) is -0.353. The summed E-state index contributed by atoms with van der Waals surface area (Å²) in [6, 6.07) is 5.27. The van der Waals surface area contributed by atoms with Crippen molar-refractivity contribution in [3.8, 4) is 10.6 Å². The number of ether oxygens (including phenoxy) is 2. The van der Waals surface area contributed by atoms with Gasteiger partial charge in [-0.2, -0.15) is 4.31 Å². The predicted octanol–water partition coefficient (Wildman–Crippen LogP) is 2.30. The molecule has 0 radical (unpaired) electrons. The van der Waals surface area contributed by atoms with Gasteiger partial charge in [0.15, 0.2) is 5.25 Å². The van der Waals surface area contributed by atoms with Crippen LogP contribution in [0.5, 0.6) is 0 Å². The molecule has 2 aromatic rings. The molecule has 0 aromatic carbocycles. The second kappa shape index (κ2) is 7.27. The molecule has 0 spiro atoms. The van der Waals surface area contributed by atoms with E-state index >= 15 is 0 Å². The quantitative estimate of drug-likeness (QED) is 0.496. The summed E-state index contributed by atoms with van der Waals surface area (Å²) in [4.78, 5) is 16.4. The van der Waals surface area contributed by atoms with E-state index in [0.29, 0.717) is 30.4 Å². The third-order valence-corrected chi connectivity index (χ3v) is 8.58. The Morgan fingerprint density at radius 3 is 3.11 bits per heavy atom. The first-order chi connectivity index (χ1) is 13.4. The number of carbonyl (C=O) groups is 1. The van der Waals surface area contributed by atoms with Gasteiger partial charge in [-0.05, 0) is 18.2 Å². The van der Waals surface area contributed by atoms with Crippen LogP contribution in [0.1, 0.15) is 21.8 Å². The van der Waals surface area contributed by atoms with Gasteiger partial charge >= 0.3 is 5.97 Å². The van der Waals surface area contributed by atoms with Crippen LogP contribution >= 0.6 is 22.9 Å². The molecule has 0 aliphatic carbocycles. The number of methoxy groups -OCH3 is 1. The summed E-state index contributed by atoms with van der Waals surface area (Å²) in [7, 11) is 2.95. The molecule has 4 heterocycles. The molecule has 0 saturated carbocycles. The van der Waals surface area contributed by atoms with Crippen LogP contribution in [0.3, 0.4) is 0 Å². The smallest absolute Gasteiger partial charge is 0.354 e. The van der Waals surface area contributed by atoms with Crippen molar-refractivity contribution < 1.29 is 18.8 Å². The molecule has 3 unspecified atom stereocenters. The highest BCUT2D eigenvalue weighted by Crippen LogP contribution is 2.47. The molecule has 2 saturated heterocycles. The molecule has 4 rings (SSSR count). The molecule has 2 fully saturated rings. The zero-order chi connectivity index (χ0) is 20.1. The predicted molar refractivity (Wildman–Crippen MR) is 108 cm³/mol. The fourth-order valence-corrected chi connectivity index (χ4v) is 6.81. The average Bonchev–Trinajstić information content (AvgIpc) is 3.32. The molecule has 2 aromatic heterocycles. The van der Waals surface area contributed by atoms with Crippen molar-refractivity contribution in [3.63, 3.8) is 0 Å². The number of hydrogen-bond donors (Lipinski definition) is 3. The molecular formula is C17H19ClN4O4S2. The normalized spacial score (nSPS) is 27.3. The topological polar surface area (TPSA) is 114 Å². The van der Waals surface area contributed by atoms with Crippen LogP contribution in [0.2, 0.25) is 5.02 Å². The van der Waals surface area contributed by atoms with E-state index in [0.717, 1.165) is 15.4 Å². The van der Waals surface area contributed by atoms with Gasteiger partial charge in [-0.15, -0.1) is 11.3 Å². The minimum atomic E-state index is -1.42. The number of fused-ring (bicyclic) bond motifs is 1. The lowest BCUT2D eigenvalue weighted by atomic mass is 9.87. The number of halogens is 1. The van der Waals surface area contributed by atoms with Crippen molar-refractivity contribution in [2.75, 3.05) is 27.4 Å². The first kappa shape index (κ1) is 19.6. The Bertz CT molecular complexity index is 932. The summed E-state index contributed by atoms with van der Waals surface area (Å²) in [6.07, 6.45) is 0.553. The Balaban J connectivity index is 1.75. The van der Waals surface area contributed by atoms with Crippen LogP contribution in [-0.4, -0.2) is 58.4 Å². The lowest BCUT2D eigenvalue weighted by Gasteiger charge is -2.49. The largest absolute Gasteiger partial charge is 0.592 e. The highest BCUT2D eigenvalue weighted by Gasteiger charge is 2.57. The molecule has 28 heavy (non-hydrogen) atoms. The summed E-state index contributed by atoms with van der Waals surface area (Å²) in [5.41, 5.74) is 0.360. The van der Waals surface area contributed by atoms with E-state index in [4.69, 9.17) is 26.5 Å². The molecule has 3 atom stereocenters. The zero-order valence-corrected chi connectivity index (χ0v) is 17.6. The van der Waals surface area contributed by atoms with Crippen molar-refractivity contribution in [3.05, 3.63) is 33.8 Å². The molecule has 0 bridgehead atoms. The van der Waals surface area contributed by atoms with E-state index < -0.39 is 22.9 Å². The molecule has 11 heteroatoms. The van der Waals surface area contributed by atoms with Gasteiger partial charge in [0.25, 0.3) is 0 Å². The second-order valence-electron chi connectivity index (χ2n) is 6.60. The van der Waals surface area contributed by atoms with Crippen LogP contribution in [0.4, 0.5) is 0 Å². The summed E-state index contributed by atoms with van der Waals surface area (Å²) in [6.45, 7) is 0.798. The number of guanidine groups is 1. The lowest BCUT2D eigenvalue weighted by molar-refractivity contribution is 0.0442. The minimum Gasteiger partial charge on any atom is -0.592 e. The van der Waals surface area contributed by atoms with E-state index in [9.17, 15) is 9.35 Å². The van der Waals surface area contributed by atoms with E-state index in [1.54, 1.807) is 19.2 Å². The number of H-pyrrole nitrogens is 1. The van der Waals surface area contributed by atoms with E-state index in [1.165, 1.54) is 22.8 Å². The first-order valence-corrected chi connectivity index (χ1v) is 10.9. The zero-order valence-electron chi connectivity index (χ0n) is 15.2. The van der Waals surface area contributed by atoms with Gasteiger partial charge in [-0.3, -0.25) is 5.41 Å². The third-order valence-electron chi connectivity index (χ3n) is 5.08. The van der Waals surface area contributed by atoms with Gasteiger partial charge in [-0.25, -0.2) is 4.79 Å². The Morgan fingerprint density at radius 2 is 2.36 bits per heavy atom. The monoisotopic (exact) mass is 442 g/mol. The van der Waals surface area contributed by atoms with Gasteiger partial charge in [0.2, 0.25) is 5.96 Å². The minimum absolute atomic E-state index is 0.0929. The highest BCUT2D eigenvalue weighted by atomic mass is 35.5. The second-order valence-corrected chi connectivity index (χ2v) is 9.73. The average molecular weight is 443 g/mol. The summed E-state index contributed by atoms with van der Waals surface area (Å²) in [5, 5.41) is 11.6. The SMILES string of the molecule is COC(=O)c1ccc(-c2cc(Cl)c(C34CCOCC3[S+]([O-])N(C)C(=N)N4)s2)[nH]1.